The van der Waals surface area contributed by atoms with Crippen molar-refractivity contribution in [2.24, 2.45) is 5.92 Å². The topological polar surface area (TPSA) is 66.4 Å². The zero-order valence-corrected chi connectivity index (χ0v) is 12.4. The predicted molar refractivity (Wildman–Crippen MR) is 78.6 cm³/mol. The molecule has 0 aromatic heterocycles. The minimum absolute atomic E-state index is 0.0871. The molecule has 1 amide bonds. The van der Waals surface area contributed by atoms with Crippen molar-refractivity contribution in [1.82, 2.24) is 5.32 Å². The minimum Gasteiger partial charge on any atom is -0.481 e. The van der Waals surface area contributed by atoms with Crippen molar-refractivity contribution < 1.29 is 19.1 Å². The number of carbonyl (C=O) groups excluding carboxylic acids is 1. The van der Waals surface area contributed by atoms with E-state index in [1.165, 1.54) is 6.07 Å². The Labute approximate surface area is 127 Å². The SMILES string of the molecule is O=C(CSc1ccccc1F)NC1CCCCC1C(=O)O. The van der Waals surface area contributed by atoms with Gasteiger partial charge in [0.15, 0.2) is 0 Å². The molecule has 114 valence electrons. The van der Waals surface area contributed by atoms with E-state index in [2.05, 4.69) is 5.32 Å². The number of aliphatic carboxylic acids is 1. The number of hydrogen-bond donors (Lipinski definition) is 2. The third-order valence-electron chi connectivity index (χ3n) is 3.62. The van der Waals surface area contributed by atoms with Crippen molar-refractivity contribution in [3.63, 3.8) is 0 Å². The quantitative estimate of drug-likeness (QED) is 0.821. The van der Waals surface area contributed by atoms with E-state index in [9.17, 15) is 14.0 Å². The number of amides is 1. The van der Waals surface area contributed by atoms with Crippen LogP contribution in [-0.4, -0.2) is 28.8 Å². The van der Waals surface area contributed by atoms with E-state index < -0.39 is 11.9 Å². The van der Waals surface area contributed by atoms with Crippen LogP contribution < -0.4 is 5.32 Å². The van der Waals surface area contributed by atoms with Crippen LogP contribution in [0.1, 0.15) is 25.7 Å². The molecule has 2 atom stereocenters. The summed E-state index contributed by atoms with van der Waals surface area (Å²) in [6.07, 6.45) is 3.09. The molecule has 6 heteroatoms. The molecule has 0 radical (unpaired) electrons. The summed E-state index contributed by atoms with van der Waals surface area (Å²) in [5, 5.41) is 11.9. The highest BCUT2D eigenvalue weighted by molar-refractivity contribution is 8.00. The van der Waals surface area contributed by atoms with Crippen molar-refractivity contribution in [3.05, 3.63) is 30.1 Å². The second-order valence-electron chi connectivity index (χ2n) is 5.12. The first kappa shape index (κ1) is 15.8. The molecule has 1 aliphatic rings. The Morgan fingerprint density at radius 1 is 1.29 bits per heavy atom. The van der Waals surface area contributed by atoms with E-state index in [1.807, 2.05) is 0 Å². The van der Waals surface area contributed by atoms with Gasteiger partial charge in [-0.25, -0.2) is 4.39 Å². The van der Waals surface area contributed by atoms with Crippen LogP contribution in [0.15, 0.2) is 29.2 Å². The number of carboxylic acids is 1. The van der Waals surface area contributed by atoms with E-state index in [-0.39, 0.29) is 23.5 Å². The van der Waals surface area contributed by atoms with Gasteiger partial charge in [0.1, 0.15) is 5.82 Å². The summed E-state index contributed by atoms with van der Waals surface area (Å²) in [7, 11) is 0. The smallest absolute Gasteiger partial charge is 0.308 e. The first-order chi connectivity index (χ1) is 10.1. The highest BCUT2D eigenvalue weighted by atomic mass is 32.2. The van der Waals surface area contributed by atoms with E-state index in [1.54, 1.807) is 18.2 Å². The van der Waals surface area contributed by atoms with Gasteiger partial charge in [-0.1, -0.05) is 25.0 Å². The number of rotatable bonds is 5. The maximum atomic E-state index is 13.4. The molecule has 1 aromatic rings. The molecular formula is C15H18FNO3S. The van der Waals surface area contributed by atoms with Crippen LogP contribution in [0.25, 0.3) is 0 Å². The van der Waals surface area contributed by atoms with Gasteiger partial charge in [0.05, 0.1) is 11.7 Å². The lowest BCUT2D eigenvalue weighted by molar-refractivity contribution is -0.144. The number of thioether (sulfide) groups is 1. The van der Waals surface area contributed by atoms with Gasteiger partial charge in [0.2, 0.25) is 5.91 Å². The zero-order chi connectivity index (χ0) is 15.2. The Kier molecular flexibility index (Phi) is 5.61. The Bertz CT molecular complexity index is 523. The van der Waals surface area contributed by atoms with Gasteiger partial charge in [-0.2, -0.15) is 0 Å². The van der Waals surface area contributed by atoms with Crippen molar-refractivity contribution in [2.45, 2.75) is 36.6 Å². The summed E-state index contributed by atoms with van der Waals surface area (Å²) in [4.78, 5) is 23.5. The second kappa shape index (κ2) is 7.45. The molecule has 1 saturated carbocycles. The van der Waals surface area contributed by atoms with E-state index in [0.717, 1.165) is 24.6 Å². The first-order valence-electron chi connectivity index (χ1n) is 6.97. The van der Waals surface area contributed by atoms with Crippen LogP contribution in [0.4, 0.5) is 4.39 Å². The van der Waals surface area contributed by atoms with Gasteiger partial charge in [-0.05, 0) is 25.0 Å². The highest BCUT2D eigenvalue weighted by Gasteiger charge is 2.31. The first-order valence-corrected chi connectivity index (χ1v) is 7.96. The predicted octanol–water partition coefficient (Wildman–Crippen LogP) is 2.68. The van der Waals surface area contributed by atoms with E-state index in [4.69, 9.17) is 5.11 Å². The normalized spacial score (nSPS) is 21.8. The van der Waals surface area contributed by atoms with Crippen molar-refractivity contribution in [2.75, 3.05) is 5.75 Å². The van der Waals surface area contributed by atoms with Gasteiger partial charge in [0.25, 0.3) is 0 Å². The van der Waals surface area contributed by atoms with Gasteiger partial charge < -0.3 is 10.4 Å². The number of nitrogens with one attached hydrogen (secondary N) is 1. The fraction of sp³-hybridized carbons (Fsp3) is 0.467. The Morgan fingerprint density at radius 2 is 2.00 bits per heavy atom. The zero-order valence-electron chi connectivity index (χ0n) is 11.5. The summed E-state index contributed by atoms with van der Waals surface area (Å²) in [6.45, 7) is 0. The number of halogens is 1. The number of benzene rings is 1. The van der Waals surface area contributed by atoms with Crippen LogP contribution in [0, 0.1) is 11.7 Å². The van der Waals surface area contributed by atoms with Gasteiger partial charge >= 0.3 is 5.97 Å². The summed E-state index contributed by atoms with van der Waals surface area (Å²) in [6, 6.07) is 5.96. The monoisotopic (exact) mass is 311 g/mol. The molecule has 2 rings (SSSR count). The van der Waals surface area contributed by atoms with Gasteiger partial charge in [-0.3, -0.25) is 9.59 Å². The molecular weight excluding hydrogens is 293 g/mol. The Morgan fingerprint density at radius 3 is 2.71 bits per heavy atom. The maximum Gasteiger partial charge on any atom is 0.308 e. The van der Waals surface area contributed by atoms with E-state index in [0.29, 0.717) is 17.7 Å². The summed E-state index contributed by atoms with van der Waals surface area (Å²) in [5.74, 6) is -1.88. The van der Waals surface area contributed by atoms with Crippen LogP contribution >= 0.6 is 11.8 Å². The lowest BCUT2D eigenvalue weighted by Gasteiger charge is -2.29. The minimum atomic E-state index is -0.859. The third kappa shape index (κ3) is 4.46. The molecule has 4 nitrogen and oxygen atoms in total. The average Bonchev–Trinajstić information content (AvgIpc) is 2.47. The number of hydrogen-bond acceptors (Lipinski definition) is 3. The highest BCUT2D eigenvalue weighted by Crippen LogP contribution is 2.25. The summed E-state index contributed by atoms with van der Waals surface area (Å²) >= 11 is 1.12. The molecule has 1 aromatic carbocycles. The third-order valence-corrected chi connectivity index (χ3v) is 4.67. The fourth-order valence-electron chi connectivity index (χ4n) is 2.55. The summed E-state index contributed by atoms with van der Waals surface area (Å²) < 4.78 is 13.4. The van der Waals surface area contributed by atoms with Crippen molar-refractivity contribution in [1.29, 1.82) is 0 Å². The molecule has 0 spiro atoms. The summed E-state index contributed by atoms with van der Waals surface area (Å²) in [5.41, 5.74) is 0. The Hall–Kier alpha value is -1.56. The fourth-order valence-corrected chi connectivity index (χ4v) is 3.30. The van der Waals surface area contributed by atoms with Crippen molar-refractivity contribution in [3.8, 4) is 0 Å². The van der Waals surface area contributed by atoms with Crippen LogP contribution in [0.2, 0.25) is 0 Å². The molecule has 2 unspecified atom stereocenters. The number of carbonyl (C=O) groups is 2. The molecule has 0 aliphatic heterocycles. The number of carboxylic acid groups (broad SMARTS) is 1. The molecule has 1 fully saturated rings. The van der Waals surface area contributed by atoms with Crippen LogP contribution in [-0.2, 0) is 9.59 Å². The molecule has 0 heterocycles. The molecule has 0 bridgehead atoms. The molecule has 21 heavy (non-hydrogen) atoms. The molecule has 2 N–H and O–H groups in total. The largest absolute Gasteiger partial charge is 0.481 e. The van der Waals surface area contributed by atoms with Crippen LogP contribution in [0.5, 0.6) is 0 Å². The maximum absolute atomic E-state index is 13.4. The lowest BCUT2D eigenvalue weighted by atomic mass is 9.84. The molecule has 1 aliphatic carbocycles. The van der Waals surface area contributed by atoms with Crippen molar-refractivity contribution >= 4 is 23.6 Å². The Balaban J connectivity index is 1.86. The van der Waals surface area contributed by atoms with Gasteiger partial charge in [0, 0.05) is 10.9 Å². The average molecular weight is 311 g/mol. The lowest BCUT2D eigenvalue weighted by Crippen LogP contribution is -2.45. The van der Waals surface area contributed by atoms with E-state index >= 15 is 0 Å². The van der Waals surface area contributed by atoms with Crippen LogP contribution in [0.3, 0.4) is 0 Å². The molecule has 0 saturated heterocycles. The standard InChI is InChI=1S/C15H18FNO3S/c16-11-6-2-4-8-13(11)21-9-14(18)17-12-7-3-1-5-10(12)15(19)20/h2,4,6,8,10,12H,1,3,5,7,9H2,(H,17,18)(H,19,20). The second-order valence-corrected chi connectivity index (χ2v) is 6.14. The van der Waals surface area contributed by atoms with Gasteiger partial charge in [-0.15, -0.1) is 11.8 Å².